The Balaban J connectivity index is 2.42. The zero-order valence-corrected chi connectivity index (χ0v) is 13.4. The first kappa shape index (κ1) is 15.5. The number of benzene rings is 1. The van der Waals surface area contributed by atoms with Gasteiger partial charge in [-0.05, 0) is 47.0 Å². The van der Waals surface area contributed by atoms with Crippen molar-refractivity contribution in [2.75, 3.05) is 0 Å². The fourth-order valence-electron chi connectivity index (χ4n) is 2.59. The molecular formula is C14H17BrO4S. The third kappa shape index (κ3) is 3.23. The zero-order valence-electron chi connectivity index (χ0n) is 11.0. The lowest BCUT2D eigenvalue weighted by Crippen LogP contribution is -2.21. The van der Waals surface area contributed by atoms with Gasteiger partial charge in [0, 0.05) is 4.47 Å². The minimum Gasteiger partial charge on any atom is -0.478 e. The molecule has 1 aliphatic carbocycles. The van der Waals surface area contributed by atoms with E-state index in [1.165, 1.54) is 18.2 Å². The van der Waals surface area contributed by atoms with Crippen LogP contribution in [0.25, 0.3) is 0 Å². The van der Waals surface area contributed by atoms with Gasteiger partial charge in [0.05, 0.1) is 15.7 Å². The van der Waals surface area contributed by atoms with Crippen molar-refractivity contribution in [2.24, 2.45) is 0 Å². The number of carboxylic acids is 1. The van der Waals surface area contributed by atoms with Crippen LogP contribution in [-0.4, -0.2) is 24.7 Å². The Morgan fingerprint density at radius 3 is 2.30 bits per heavy atom. The highest BCUT2D eigenvalue weighted by atomic mass is 79.9. The van der Waals surface area contributed by atoms with Crippen molar-refractivity contribution in [3.05, 3.63) is 28.2 Å². The third-order valence-corrected chi connectivity index (χ3v) is 6.98. The number of carboxylic acid groups (broad SMARTS) is 1. The van der Waals surface area contributed by atoms with E-state index >= 15 is 0 Å². The fourth-order valence-corrected chi connectivity index (χ4v) is 5.45. The Labute approximate surface area is 127 Å². The molecule has 0 aliphatic heterocycles. The summed E-state index contributed by atoms with van der Waals surface area (Å²) in [5.74, 6) is -1.12. The molecule has 1 saturated carbocycles. The van der Waals surface area contributed by atoms with Crippen LogP contribution < -0.4 is 0 Å². The number of aromatic carboxylic acids is 1. The van der Waals surface area contributed by atoms with Gasteiger partial charge >= 0.3 is 5.97 Å². The molecule has 1 fully saturated rings. The first-order chi connectivity index (χ1) is 9.43. The molecule has 0 aromatic heterocycles. The summed E-state index contributed by atoms with van der Waals surface area (Å²) in [5, 5.41) is 8.61. The summed E-state index contributed by atoms with van der Waals surface area (Å²) in [6, 6.07) is 4.15. The molecule has 2 rings (SSSR count). The maximum Gasteiger partial charge on any atom is 0.335 e. The molecule has 6 heteroatoms. The molecule has 110 valence electrons. The van der Waals surface area contributed by atoms with Crippen LogP contribution in [0.5, 0.6) is 0 Å². The number of carbonyl (C=O) groups is 1. The molecule has 1 aliphatic rings. The van der Waals surface area contributed by atoms with Crippen molar-refractivity contribution in [3.8, 4) is 0 Å². The lowest BCUT2D eigenvalue weighted by molar-refractivity contribution is 0.0696. The predicted octanol–water partition coefficient (Wildman–Crippen LogP) is 3.64. The van der Waals surface area contributed by atoms with E-state index in [2.05, 4.69) is 15.9 Å². The molecule has 4 nitrogen and oxygen atoms in total. The smallest absolute Gasteiger partial charge is 0.335 e. The highest BCUT2D eigenvalue weighted by Gasteiger charge is 2.30. The second kappa shape index (κ2) is 6.26. The van der Waals surface area contributed by atoms with Crippen molar-refractivity contribution in [1.82, 2.24) is 0 Å². The van der Waals surface area contributed by atoms with E-state index in [0.29, 0.717) is 17.3 Å². The standard InChI is InChI=1S/C14H17BrO4S/c15-12-8-7-10(14(16)17)9-13(12)20(18,19)11-5-3-1-2-4-6-11/h7-9,11H,1-6H2,(H,16,17). The monoisotopic (exact) mass is 360 g/mol. The molecule has 0 amide bonds. The molecule has 0 unspecified atom stereocenters. The van der Waals surface area contributed by atoms with E-state index in [0.717, 1.165) is 25.7 Å². The van der Waals surface area contributed by atoms with Crippen molar-refractivity contribution >= 4 is 31.7 Å². The van der Waals surface area contributed by atoms with Crippen LogP contribution in [0.15, 0.2) is 27.6 Å². The summed E-state index contributed by atoms with van der Waals surface area (Å²) in [4.78, 5) is 11.1. The summed E-state index contributed by atoms with van der Waals surface area (Å²) < 4.78 is 25.9. The van der Waals surface area contributed by atoms with Gasteiger partial charge in [0.1, 0.15) is 0 Å². The molecule has 0 saturated heterocycles. The van der Waals surface area contributed by atoms with Crippen LogP contribution in [-0.2, 0) is 9.84 Å². The van der Waals surface area contributed by atoms with Crippen LogP contribution in [0.3, 0.4) is 0 Å². The summed E-state index contributed by atoms with van der Waals surface area (Å²) in [6.45, 7) is 0. The van der Waals surface area contributed by atoms with Gasteiger partial charge < -0.3 is 5.11 Å². The van der Waals surface area contributed by atoms with Gasteiger partial charge in [0.15, 0.2) is 9.84 Å². The largest absolute Gasteiger partial charge is 0.478 e. The Morgan fingerprint density at radius 2 is 1.75 bits per heavy atom. The first-order valence-electron chi connectivity index (χ1n) is 6.69. The molecule has 0 atom stereocenters. The van der Waals surface area contributed by atoms with Crippen LogP contribution in [0.4, 0.5) is 0 Å². The van der Waals surface area contributed by atoms with E-state index in [9.17, 15) is 13.2 Å². The average Bonchev–Trinajstić information content (AvgIpc) is 2.68. The summed E-state index contributed by atoms with van der Waals surface area (Å²) in [6.07, 6.45) is 5.29. The van der Waals surface area contributed by atoms with Crippen LogP contribution in [0.2, 0.25) is 0 Å². The molecule has 0 spiro atoms. The van der Waals surface area contributed by atoms with Crippen molar-refractivity contribution < 1.29 is 18.3 Å². The topological polar surface area (TPSA) is 71.4 Å². The van der Waals surface area contributed by atoms with E-state index in [1.54, 1.807) is 0 Å². The third-order valence-electron chi connectivity index (χ3n) is 3.73. The summed E-state index contributed by atoms with van der Waals surface area (Å²) >= 11 is 3.23. The van der Waals surface area contributed by atoms with E-state index in [1.807, 2.05) is 0 Å². The molecule has 1 aromatic carbocycles. The fraction of sp³-hybridized carbons (Fsp3) is 0.500. The second-order valence-electron chi connectivity index (χ2n) is 5.11. The minimum absolute atomic E-state index is 0.000368. The molecule has 0 heterocycles. The highest BCUT2D eigenvalue weighted by molar-refractivity contribution is 9.10. The summed E-state index contributed by atoms with van der Waals surface area (Å²) in [5.41, 5.74) is 0.000368. The highest BCUT2D eigenvalue weighted by Crippen LogP contribution is 2.32. The van der Waals surface area contributed by atoms with Gasteiger partial charge in [0.25, 0.3) is 0 Å². The maximum atomic E-state index is 12.7. The second-order valence-corrected chi connectivity index (χ2v) is 8.16. The molecule has 1 aromatic rings. The van der Waals surface area contributed by atoms with Crippen LogP contribution in [0.1, 0.15) is 48.9 Å². The first-order valence-corrected chi connectivity index (χ1v) is 9.03. The van der Waals surface area contributed by atoms with E-state index in [4.69, 9.17) is 5.11 Å². The molecule has 20 heavy (non-hydrogen) atoms. The number of hydrogen-bond donors (Lipinski definition) is 1. The van der Waals surface area contributed by atoms with Crippen molar-refractivity contribution in [1.29, 1.82) is 0 Å². The van der Waals surface area contributed by atoms with Crippen LogP contribution >= 0.6 is 15.9 Å². The van der Waals surface area contributed by atoms with Crippen molar-refractivity contribution in [3.63, 3.8) is 0 Å². The SMILES string of the molecule is O=C(O)c1ccc(Br)c(S(=O)(=O)C2CCCCCC2)c1. The number of rotatable bonds is 3. The number of hydrogen-bond acceptors (Lipinski definition) is 3. The zero-order chi connectivity index (χ0) is 14.8. The van der Waals surface area contributed by atoms with Gasteiger partial charge in [-0.1, -0.05) is 25.7 Å². The normalized spacial score (nSPS) is 17.6. The Hall–Kier alpha value is -0.880. The van der Waals surface area contributed by atoms with Gasteiger partial charge in [-0.3, -0.25) is 0 Å². The Bertz CT molecular complexity index is 602. The average molecular weight is 361 g/mol. The summed E-state index contributed by atoms with van der Waals surface area (Å²) in [7, 11) is -3.48. The lowest BCUT2D eigenvalue weighted by atomic mass is 10.2. The van der Waals surface area contributed by atoms with Gasteiger partial charge in [-0.2, -0.15) is 0 Å². The van der Waals surface area contributed by atoms with Gasteiger partial charge in [-0.25, -0.2) is 13.2 Å². The van der Waals surface area contributed by atoms with E-state index in [-0.39, 0.29) is 10.5 Å². The predicted molar refractivity (Wildman–Crippen MR) is 79.8 cm³/mol. The van der Waals surface area contributed by atoms with Gasteiger partial charge in [0.2, 0.25) is 0 Å². The molecule has 1 N–H and O–H groups in total. The molecular weight excluding hydrogens is 344 g/mol. The Morgan fingerprint density at radius 1 is 1.15 bits per heavy atom. The van der Waals surface area contributed by atoms with Crippen LogP contribution in [0, 0.1) is 0 Å². The number of sulfone groups is 1. The molecule has 0 bridgehead atoms. The molecule has 0 radical (unpaired) electrons. The number of halogens is 1. The Kier molecular flexibility index (Phi) is 4.86. The maximum absolute atomic E-state index is 12.7. The van der Waals surface area contributed by atoms with Gasteiger partial charge in [-0.15, -0.1) is 0 Å². The van der Waals surface area contributed by atoms with Crippen molar-refractivity contribution in [2.45, 2.75) is 48.7 Å². The van der Waals surface area contributed by atoms with E-state index < -0.39 is 21.1 Å². The quantitative estimate of drug-likeness (QED) is 0.835. The minimum atomic E-state index is -3.48. The lowest BCUT2D eigenvalue weighted by Gasteiger charge is -2.16.